The monoisotopic (exact) mass is 234 g/mol. The van der Waals surface area contributed by atoms with Crippen LogP contribution in [-0.4, -0.2) is 17.7 Å². The van der Waals surface area contributed by atoms with Gasteiger partial charge in [0.05, 0.1) is 12.2 Å². The van der Waals surface area contributed by atoms with Gasteiger partial charge >= 0.3 is 5.97 Å². The topological polar surface area (TPSA) is 46.5 Å². The van der Waals surface area contributed by atoms with Crippen molar-refractivity contribution in [2.75, 3.05) is 6.61 Å². The predicted octanol–water partition coefficient (Wildman–Crippen LogP) is 2.86. The van der Waals surface area contributed by atoms with Crippen molar-refractivity contribution in [1.29, 1.82) is 0 Å². The minimum absolute atomic E-state index is 0.134. The number of benzene rings is 2. The summed E-state index contributed by atoms with van der Waals surface area (Å²) in [6.45, 7) is 1.97. The zero-order chi connectivity index (χ0) is 12.4. The quantitative estimate of drug-likeness (QED) is 0.813. The molecule has 0 radical (unpaired) electrons. The Hall–Kier alpha value is -2.10. The Morgan fingerprint density at radius 2 is 2.12 bits per heavy atom. The molecule has 3 nitrogen and oxygen atoms in total. The maximum atomic E-state index is 13.0. The fourth-order valence-electron chi connectivity index (χ4n) is 1.64. The Kier molecular flexibility index (Phi) is 2.95. The number of hydrogen-bond acceptors (Lipinski definition) is 3. The lowest BCUT2D eigenvalue weighted by molar-refractivity contribution is 0.0526. The van der Waals surface area contributed by atoms with Gasteiger partial charge in [-0.2, -0.15) is 0 Å². The van der Waals surface area contributed by atoms with E-state index in [-0.39, 0.29) is 17.9 Å². The molecule has 0 saturated heterocycles. The van der Waals surface area contributed by atoms with Crippen LogP contribution in [-0.2, 0) is 4.74 Å². The number of esters is 1. The lowest BCUT2D eigenvalue weighted by Gasteiger charge is -2.06. The number of halogens is 1. The zero-order valence-corrected chi connectivity index (χ0v) is 9.24. The average molecular weight is 234 g/mol. The summed E-state index contributed by atoms with van der Waals surface area (Å²) in [6, 6.07) is 6.84. The first kappa shape index (κ1) is 11.4. The molecular weight excluding hydrogens is 223 g/mol. The van der Waals surface area contributed by atoms with Gasteiger partial charge in [0.25, 0.3) is 0 Å². The normalized spacial score (nSPS) is 10.5. The number of aromatic hydroxyl groups is 1. The number of ether oxygens (including phenoxy) is 1. The maximum absolute atomic E-state index is 13.0. The summed E-state index contributed by atoms with van der Waals surface area (Å²) in [5.41, 5.74) is 0.253. The van der Waals surface area contributed by atoms with Gasteiger partial charge in [0, 0.05) is 5.39 Å². The van der Waals surface area contributed by atoms with Crippen molar-refractivity contribution in [1.82, 2.24) is 0 Å². The molecule has 88 valence electrons. The van der Waals surface area contributed by atoms with Crippen LogP contribution in [0.15, 0.2) is 30.3 Å². The molecule has 0 aromatic heterocycles. The summed E-state index contributed by atoms with van der Waals surface area (Å²) < 4.78 is 17.8. The van der Waals surface area contributed by atoms with Crippen molar-refractivity contribution < 1.29 is 19.0 Å². The molecule has 1 N–H and O–H groups in total. The molecule has 2 aromatic carbocycles. The molecule has 0 amide bonds. The van der Waals surface area contributed by atoms with Crippen LogP contribution < -0.4 is 0 Å². The second-order valence-corrected chi connectivity index (χ2v) is 3.58. The van der Waals surface area contributed by atoms with E-state index in [0.717, 1.165) is 0 Å². The van der Waals surface area contributed by atoms with Crippen LogP contribution in [0.2, 0.25) is 0 Å². The van der Waals surface area contributed by atoms with Gasteiger partial charge in [-0.15, -0.1) is 0 Å². The molecule has 0 bridgehead atoms. The second-order valence-electron chi connectivity index (χ2n) is 3.58. The van der Waals surface area contributed by atoms with Crippen LogP contribution in [0, 0.1) is 5.82 Å². The molecule has 0 unspecified atom stereocenters. The van der Waals surface area contributed by atoms with E-state index >= 15 is 0 Å². The third-order valence-corrected chi connectivity index (χ3v) is 2.41. The molecule has 0 fully saturated rings. The van der Waals surface area contributed by atoms with E-state index in [1.54, 1.807) is 13.0 Å². The van der Waals surface area contributed by atoms with Gasteiger partial charge < -0.3 is 9.84 Å². The third kappa shape index (κ3) is 2.20. The molecule has 17 heavy (non-hydrogen) atoms. The molecule has 2 aromatic rings. The molecule has 0 heterocycles. The zero-order valence-electron chi connectivity index (χ0n) is 9.24. The van der Waals surface area contributed by atoms with Gasteiger partial charge in [0.1, 0.15) is 11.6 Å². The van der Waals surface area contributed by atoms with Crippen LogP contribution in [0.1, 0.15) is 17.3 Å². The van der Waals surface area contributed by atoms with Crippen molar-refractivity contribution >= 4 is 16.7 Å². The highest BCUT2D eigenvalue weighted by atomic mass is 19.1. The minimum atomic E-state index is -0.506. The largest absolute Gasteiger partial charge is 0.507 e. The molecule has 0 saturated carbocycles. The number of fused-ring (bicyclic) bond motifs is 1. The Labute approximate surface area is 97.4 Å². The van der Waals surface area contributed by atoms with E-state index < -0.39 is 11.8 Å². The van der Waals surface area contributed by atoms with Crippen molar-refractivity contribution in [3.05, 3.63) is 41.7 Å². The van der Waals surface area contributed by atoms with E-state index in [1.165, 1.54) is 24.3 Å². The number of phenolic OH excluding ortho intramolecular Hbond substituents is 1. The summed E-state index contributed by atoms with van der Waals surface area (Å²) in [5.74, 6) is -1.07. The fraction of sp³-hybridized carbons (Fsp3) is 0.154. The van der Waals surface area contributed by atoms with Crippen LogP contribution in [0.3, 0.4) is 0 Å². The lowest BCUT2D eigenvalue weighted by atomic mass is 10.1. The number of rotatable bonds is 2. The van der Waals surface area contributed by atoms with E-state index in [1.807, 2.05) is 0 Å². The number of carbonyl (C=O) groups is 1. The summed E-state index contributed by atoms with van der Waals surface area (Å²) in [4.78, 5) is 11.5. The van der Waals surface area contributed by atoms with Gasteiger partial charge in [0.15, 0.2) is 0 Å². The van der Waals surface area contributed by atoms with Crippen molar-refractivity contribution in [2.45, 2.75) is 6.92 Å². The van der Waals surface area contributed by atoms with Crippen LogP contribution >= 0.6 is 0 Å². The van der Waals surface area contributed by atoms with Crippen molar-refractivity contribution in [3.8, 4) is 5.75 Å². The molecule has 0 aliphatic rings. The van der Waals surface area contributed by atoms with E-state index in [9.17, 15) is 14.3 Å². The number of carbonyl (C=O) groups excluding carboxylic acids is 1. The Balaban J connectivity index is 2.56. The first-order valence-corrected chi connectivity index (χ1v) is 5.21. The maximum Gasteiger partial charge on any atom is 0.338 e. The van der Waals surface area contributed by atoms with Gasteiger partial charge in [-0.05, 0) is 36.6 Å². The SMILES string of the molecule is CCOC(=O)c1cc(O)c2cc(F)ccc2c1. The number of hydrogen-bond donors (Lipinski definition) is 1. The van der Waals surface area contributed by atoms with E-state index in [4.69, 9.17) is 4.74 Å². The van der Waals surface area contributed by atoms with Gasteiger partial charge in [0.2, 0.25) is 0 Å². The minimum Gasteiger partial charge on any atom is -0.507 e. The summed E-state index contributed by atoms with van der Waals surface area (Å²) in [6.07, 6.45) is 0. The second kappa shape index (κ2) is 4.41. The molecule has 0 aliphatic heterocycles. The summed E-state index contributed by atoms with van der Waals surface area (Å²) >= 11 is 0. The van der Waals surface area contributed by atoms with Crippen molar-refractivity contribution in [2.24, 2.45) is 0 Å². The van der Waals surface area contributed by atoms with Crippen LogP contribution in [0.5, 0.6) is 5.75 Å². The van der Waals surface area contributed by atoms with Gasteiger partial charge in [-0.25, -0.2) is 9.18 Å². The molecular formula is C13H11FO3. The fourth-order valence-corrected chi connectivity index (χ4v) is 1.64. The first-order valence-electron chi connectivity index (χ1n) is 5.21. The molecule has 0 aliphatic carbocycles. The standard InChI is InChI=1S/C13H11FO3/c1-2-17-13(16)9-5-8-3-4-10(14)7-11(8)12(15)6-9/h3-7,15H,2H2,1H3. The highest BCUT2D eigenvalue weighted by molar-refractivity contribution is 5.98. The van der Waals surface area contributed by atoms with E-state index in [0.29, 0.717) is 10.8 Å². The molecule has 4 heteroatoms. The van der Waals surface area contributed by atoms with E-state index in [2.05, 4.69) is 0 Å². The van der Waals surface area contributed by atoms with Crippen LogP contribution in [0.4, 0.5) is 4.39 Å². The molecule has 0 atom stereocenters. The summed E-state index contributed by atoms with van der Waals surface area (Å²) in [7, 11) is 0. The Bertz CT molecular complexity index is 578. The first-order chi connectivity index (χ1) is 8.11. The van der Waals surface area contributed by atoms with Gasteiger partial charge in [-0.1, -0.05) is 6.07 Å². The highest BCUT2D eigenvalue weighted by Gasteiger charge is 2.11. The third-order valence-electron chi connectivity index (χ3n) is 2.41. The number of phenols is 1. The Morgan fingerprint density at radius 3 is 2.82 bits per heavy atom. The molecule has 2 rings (SSSR count). The highest BCUT2D eigenvalue weighted by Crippen LogP contribution is 2.27. The summed E-state index contributed by atoms with van der Waals surface area (Å²) in [5, 5.41) is 10.7. The van der Waals surface area contributed by atoms with Gasteiger partial charge in [-0.3, -0.25) is 0 Å². The Morgan fingerprint density at radius 1 is 1.35 bits per heavy atom. The van der Waals surface area contributed by atoms with Crippen LogP contribution in [0.25, 0.3) is 10.8 Å². The smallest absolute Gasteiger partial charge is 0.338 e. The molecule has 0 spiro atoms. The van der Waals surface area contributed by atoms with Crippen molar-refractivity contribution in [3.63, 3.8) is 0 Å². The average Bonchev–Trinajstić information content (AvgIpc) is 2.30. The predicted molar refractivity (Wildman–Crippen MR) is 61.5 cm³/mol. The lowest BCUT2D eigenvalue weighted by Crippen LogP contribution is -2.04.